The van der Waals surface area contributed by atoms with Crippen LogP contribution in [0.4, 0.5) is 26.3 Å². The van der Waals surface area contributed by atoms with Crippen molar-refractivity contribution in [3.63, 3.8) is 0 Å². The predicted octanol–water partition coefficient (Wildman–Crippen LogP) is 4.89. The van der Waals surface area contributed by atoms with Gasteiger partial charge >= 0.3 is 12.5 Å². The summed E-state index contributed by atoms with van der Waals surface area (Å²) >= 11 is 0. The Balaban J connectivity index is 2.00. The van der Waals surface area contributed by atoms with Crippen LogP contribution in [-0.2, 0) is 19.3 Å². The highest BCUT2D eigenvalue weighted by Gasteiger charge is 2.32. The fraction of sp³-hybridized carbons (Fsp3) is 0.250. The third-order valence-electron chi connectivity index (χ3n) is 3.10. The van der Waals surface area contributed by atoms with E-state index in [9.17, 15) is 26.3 Å². The number of halogens is 6. The van der Waals surface area contributed by atoms with Crippen LogP contribution >= 0.6 is 0 Å². The first kappa shape index (κ1) is 18.1. The van der Waals surface area contributed by atoms with Gasteiger partial charge in [0.2, 0.25) is 0 Å². The summed E-state index contributed by atoms with van der Waals surface area (Å²) in [5.41, 5.74) is -0.150. The van der Waals surface area contributed by atoms with Crippen LogP contribution in [-0.4, -0.2) is 6.36 Å². The molecule has 0 aliphatic heterocycles. The molecule has 0 spiro atoms. The van der Waals surface area contributed by atoms with Crippen molar-refractivity contribution in [2.75, 3.05) is 0 Å². The van der Waals surface area contributed by atoms with Crippen LogP contribution in [0.3, 0.4) is 0 Å². The summed E-state index contributed by atoms with van der Waals surface area (Å²) in [7, 11) is 0. The normalized spacial score (nSPS) is 12.2. The van der Waals surface area contributed by atoms with Crippen molar-refractivity contribution in [1.29, 1.82) is 0 Å². The first-order chi connectivity index (χ1) is 11.1. The number of nitrogens with one attached hydrogen (secondary N) is 1. The zero-order chi connectivity index (χ0) is 17.8. The molecule has 0 saturated carbocycles. The molecule has 0 atom stereocenters. The Morgan fingerprint density at radius 2 is 1.54 bits per heavy atom. The van der Waals surface area contributed by atoms with Gasteiger partial charge in [-0.3, -0.25) is 0 Å². The van der Waals surface area contributed by atoms with E-state index in [-0.39, 0.29) is 24.4 Å². The zero-order valence-electron chi connectivity index (χ0n) is 12.2. The van der Waals surface area contributed by atoms with Gasteiger partial charge < -0.3 is 10.1 Å². The molecule has 0 aromatic heterocycles. The molecule has 0 saturated heterocycles. The van der Waals surface area contributed by atoms with Crippen LogP contribution in [0, 0.1) is 0 Å². The highest BCUT2D eigenvalue weighted by atomic mass is 19.4. The number of para-hydroxylation sites is 1. The van der Waals surface area contributed by atoms with E-state index in [1.807, 2.05) is 0 Å². The lowest BCUT2D eigenvalue weighted by atomic mass is 10.1. The molecule has 0 aliphatic rings. The summed E-state index contributed by atoms with van der Waals surface area (Å²) in [6.07, 6.45) is -9.25. The number of rotatable bonds is 5. The van der Waals surface area contributed by atoms with E-state index in [1.165, 1.54) is 30.3 Å². The van der Waals surface area contributed by atoms with Gasteiger partial charge in [0.1, 0.15) is 5.75 Å². The Morgan fingerprint density at radius 1 is 0.833 bits per heavy atom. The minimum atomic E-state index is -4.81. The van der Waals surface area contributed by atoms with E-state index in [4.69, 9.17) is 0 Å². The van der Waals surface area contributed by atoms with Crippen molar-refractivity contribution in [2.45, 2.75) is 25.6 Å². The average molecular weight is 349 g/mol. The molecule has 1 N–H and O–H groups in total. The Kier molecular flexibility index (Phi) is 5.38. The van der Waals surface area contributed by atoms with E-state index in [1.54, 1.807) is 6.07 Å². The van der Waals surface area contributed by atoms with Crippen LogP contribution in [0.2, 0.25) is 0 Å². The average Bonchev–Trinajstić information content (AvgIpc) is 2.47. The first-order valence-corrected chi connectivity index (χ1v) is 6.86. The Labute approximate surface area is 134 Å². The minimum Gasteiger partial charge on any atom is -0.405 e. The van der Waals surface area contributed by atoms with Gasteiger partial charge in [-0.15, -0.1) is 13.2 Å². The molecule has 0 heterocycles. The van der Waals surface area contributed by atoms with E-state index >= 15 is 0 Å². The quantitative estimate of drug-likeness (QED) is 0.776. The molecule has 8 heteroatoms. The van der Waals surface area contributed by atoms with Crippen LogP contribution in [0.1, 0.15) is 16.7 Å². The molecular weight excluding hydrogens is 336 g/mol. The van der Waals surface area contributed by atoms with Crippen LogP contribution in [0.5, 0.6) is 5.75 Å². The Bertz CT molecular complexity index is 681. The molecule has 2 nitrogen and oxygen atoms in total. The highest BCUT2D eigenvalue weighted by molar-refractivity contribution is 5.33. The lowest BCUT2D eigenvalue weighted by Gasteiger charge is -2.14. The molecule has 0 bridgehead atoms. The van der Waals surface area contributed by atoms with E-state index in [0.717, 1.165) is 12.1 Å². The molecule has 0 fully saturated rings. The summed E-state index contributed by atoms with van der Waals surface area (Å²) in [6, 6.07) is 10.3. The van der Waals surface area contributed by atoms with E-state index in [0.29, 0.717) is 5.56 Å². The zero-order valence-corrected chi connectivity index (χ0v) is 12.2. The molecule has 0 amide bonds. The molecule has 2 rings (SSSR count). The summed E-state index contributed by atoms with van der Waals surface area (Å²) in [4.78, 5) is 0. The molecule has 0 aliphatic carbocycles. The van der Waals surface area contributed by atoms with Crippen molar-refractivity contribution in [3.05, 3.63) is 65.2 Å². The number of benzene rings is 2. The van der Waals surface area contributed by atoms with Gasteiger partial charge in [0.15, 0.2) is 0 Å². The number of ether oxygens (including phenoxy) is 1. The minimum absolute atomic E-state index is 0.0164. The van der Waals surface area contributed by atoms with Crippen molar-refractivity contribution >= 4 is 0 Å². The molecule has 0 radical (unpaired) electrons. The monoisotopic (exact) mass is 349 g/mol. The van der Waals surface area contributed by atoms with Gasteiger partial charge in [-0.05, 0) is 17.7 Å². The van der Waals surface area contributed by atoms with Gasteiger partial charge in [-0.1, -0.05) is 36.4 Å². The third-order valence-corrected chi connectivity index (χ3v) is 3.10. The van der Waals surface area contributed by atoms with Gasteiger partial charge in [0.25, 0.3) is 0 Å². The summed E-state index contributed by atoms with van der Waals surface area (Å²) in [5, 5.41) is 2.81. The van der Waals surface area contributed by atoms with Crippen molar-refractivity contribution in [1.82, 2.24) is 5.32 Å². The maximum atomic E-state index is 12.6. The van der Waals surface area contributed by atoms with Crippen molar-refractivity contribution in [2.24, 2.45) is 0 Å². The van der Waals surface area contributed by atoms with Crippen molar-refractivity contribution < 1.29 is 31.1 Å². The second-order valence-corrected chi connectivity index (χ2v) is 4.96. The SMILES string of the molecule is FC(F)(F)Oc1ccccc1CNCc1cccc(C(F)(F)F)c1. The van der Waals surface area contributed by atoms with E-state index in [2.05, 4.69) is 10.1 Å². The number of hydrogen-bond acceptors (Lipinski definition) is 2. The highest BCUT2D eigenvalue weighted by Crippen LogP contribution is 2.29. The van der Waals surface area contributed by atoms with Crippen LogP contribution in [0.25, 0.3) is 0 Å². The van der Waals surface area contributed by atoms with Gasteiger partial charge in [-0.2, -0.15) is 13.2 Å². The van der Waals surface area contributed by atoms with E-state index < -0.39 is 18.1 Å². The summed E-state index contributed by atoms with van der Waals surface area (Å²) in [5.74, 6) is -0.346. The predicted molar refractivity (Wildman–Crippen MR) is 75.1 cm³/mol. The number of alkyl halides is 6. The smallest absolute Gasteiger partial charge is 0.405 e. The third kappa shape index (κ3) is 5.45. The maximum Gasteiger partial charge on any atom is 0.573 e. The fourth-order valence-electron chi connectivity index (χ4n) is 2.07. The molecule has 2 aromatic carbocycles. The maximum absolute atomic E-state index is 12.6. The van der Waals surface area contributed by atoms with Gasteiger partial charge in [0.05, 0.1) is 5.56 Å². The van der Waals surface area contributed by atoms with Crippen molar-refractivity contribution in [3.8, 4) is 5.75 Å². The standard InChI is InChI=1S/C16H13F6NO/c17-15(18,19)13-6-3-4-11(8-13)9-23-10-12-5-1-2-7-14(12)24-16(20,21)22/h1-8,23H,9-10H2. The van der Waals surface area contributed by atoms with Gasteiger partial charge in [0, 0.05) is 18.7 Å². The second-order valence-electron chi connectivity index (χ2n) is 4.96. The fourth-order valence-corrected chi connectivity index (χ4v) is 2.07. The second kappa shape index (κ2) is 7.12. The molecule has 130 valence electrons. The summed E-state index contributed by atoms with van der Waals surface area (Å²) < 4.78 is 78.7. The van der Waals surface area contributed by atoms with Crippen LogP contribution in [0.15, 0.2) is 48.5 Å². The lowest BCUT2D eigenvalue weighted by Crippen LogP contribution is -2.20. The van der Waals surface area contributed by atoms with Crippen LogP contribution < -0.4 is 10.1 Å². The Morgan fingerprint density at radius 3 is 2.21 bits per heavy atom. The summed E-state index contributed by atoms with van der Waals surface area (Å²) in [6.45, 7) is 0.0901. The molecular formula is C16H13F6NO. The number of hydrogen-bond donors (Lipinski definition) is 1. The Hall–Kier alpha value is -2.22. The molecule has 24 heavy (non-hydrogen) atoms. The lowest BCUT2D eigenvalue weighted by molar-refractivity contribution is -0.274. The molecule has 2 aromatic rings. The molecule has 0 unspecified atom stereocenters. The topological polar surface area (TPSA) is 21.3 Å². The largest absolute Gasteiger partial charge is 0.573 e. The van der Waals surface area contributed by atoms with Gasteiger partial charge in [-0.25, -0.2) is 0 Å². The first-order valence-electron chi connectivity index (χ1n) is 6.86.